The largest absolute Gasteiger partial charge is 0.478 e. The lowest BCUT2D eigenvalue weighted by molar-refractivity contribution is 0.0697. The van der Waals surface area contributed by atoms with Crippen molar-refractivity contribution in [1.82, 2.24) is 5.43 Å². The lowest BCUT2D eigenvalue weighted by atomic mass is 10.1. The van der Waals surface area contributed by atoms with Gasteiger partial charge in [-0.1, -0.05) is 13.3 Å². The molecule has 0 aliphatic heterocycles. The molecular weight excluding hydrogens is 234 g/mol. The number of nitrogens with one attached hydrogen (secondary N) is 2. The fourth-order valence-corrected chi connectivity index (χ4v) is 1.50. The van der Waals surface area contributed by atoms with Gasteiger partial charge in [0.25, 0.3) is 5.91 Å². The zero-order valence-corrected chi connectivity index (χ0v) is 10.2. The number of anilines is 1. The predicted molar refractivity (Wildman–Crippen MR) is 68.5 cm³/mol. The Kier molecular flexibility index (Phi) is 5.13. The summed E-state index contributed by atoms with van der Waals surface area (Å²) in [5.41, 5.74) is 2.87. The van der Waals surface area contributed by atoms with Gasteiger partial charge in [-0.25, -0.2) is 10.6 Å². The summed E-state index contributed by atoms with van der Waals surface area (Å²) in [5.74, 6) is 3.48. The number of carbonyl (C=O) groups excluding carboxylic acids is 1. The number of carboxylic acids is 1. The normalized spacial score (nSPS) is 9.89. The maximum atomic E-state index is 11.6. The Balaban J connectivity index is 3.01. The van der Waals surface area contributed by atoms with Crippen LogP contribution < -0.4 is 16.6 Å². The van der Waals surface area contributed by atoms with Crippen LogP contribution in [-0.4, -0.2) is 23.5 Å². The Morgan fingerprint density at radius 3 is 2.67 bits per heavy atom. The first-order chi connectivity index (χ1) is 8.60. The molecule has 0 radical (unpaired) electrons. The van der Waals surface area contributed by atoms with Crippen molar-refractivity contribution in [3.05, 3.63) is 29.3 Å². The number of carboxylic acid groups (broad SMARTS) is 1. The van der Waals surface area contributed by atoms with E-state index in [1.807, 2.05) is 5.43 Å². The maximum absolute atomic E-state index is 11.6. The van der Waals surface area contributed by atoms with Gasteiger partial charge in [-0.3, -0.25) is 10.2 Å². The van der Waals surface area contributed by atoms with E-state index >= 15 is 0 Å². The lowest BCUT2D eigenvalue weighted by Crippen LogP contribution is -2.31. The van der Waals surface area contributed by atoms with E-state index in [-0.39, 0.29) is 11.1 Å². The summed E-state index contributed by atoms with van der Waals surface area (Å²) in [6.07, 6.45) is 1.99. The number of aromatic carboxylic acids is 1. The van der Waals surface area contributed by atoms with Gasteiger partial charge in [0.1, 0.15) is 0 Å². The smallest absolute Gasteiger partial charge is 0.335 e. The summed E-state index contributed by atoms with van der Waals surface area (Å²) in [6.45, 7) is 2.77. The van der Waals surface area contributed by atoms with Crippen molar-refractivity contribution in [2.75, 3.05) is 11.9 Å². The minimum absolute atomic E-state index is 0.0506. The molecule has 1 aromatic carbocycles. The van der Waals surface area contributed by atoms with E-state index in [2.05, 4.69) is 12.2 Å². The zero-order valence-electron chi connectivity index (χ0n) is 10.2. The number of nitrogen functional groups attached to an aromatic ring is 1. The lowest BCUT2D eigenvalue weighted by Gasteiger charge is -2.11. The molecule has 0 fully saturated rings. The molecule has 6 nitrogen and oxygen atoms in total. The van der Waals surface area contributed by atoms with Crippen LogP contribution in [0, 0.1) is 0 Å². The van der Waals surface area contributed by atoms with Crippen molar-refractivity contribution in [3.63, 3.8) is 0 Å². The minimum Gasteiger partial charge on any atom is -0.478 e. The van der Waals surface area contributed by atoms with Gasteiger partial charge in [0.15, 0.2) is 0 Å². The first-order valence-corrected chi connectivity index (χ1v) is 5.72. The number of unbranched alkanes of at least 4 members (excludes halogenated alkanes) is 1. The molecule has 1 aromatic rings. The van der Waals surface area contributed by atoms with Crippen molar-refractivity contribution in [2.24, 2.45) is 5.84 Å². The van der Waals surface area contributed by atoms with Gasteiger partial charge in [0.05, 0.1) is 11.1 Å². The van der Waals surface area contributed by atoms with Gasteiger partial charge < -0.3 is 10.4 Å². The van der Waals surface area contributed by atoms with E-state index in [1.54, 1.807) is 6.07 Å². The number of nitrogens with two attached hydrogens (primary N) is 1. The molecule has 0 bridgehead atoms. The predicted octanol–water partition coefficient (Wildman–Crippen LogP) is 1.20. The third-order valence-electron chi connectivity index (χ3n) is 2.49. The van der Waals surface area contributed by atoms with Gasteiger partial charge in [-0.05, 0) is 24.6 Å². The summed E-state index contributed by atoms with van der Waals surface area (Å²) in [7, 11) is 0. The summed E-state index contributed by atoms with van der Waals surface area (Å²) in [6, 6.07) is 4.33. The first kappa shape index (κ1) is 14.0. The fourth-order valence-electron chi connectivity index (χ4n) is 1.50. The van der Waals surface area contributed by atoms with Crippen LogP contribution in [0.5, 0.6) is 0 Å². The summed E-state index contributed by atoms with van der Waals surface area (Å²) >= 11 is 0. The molecule has 0 heterocycles. The maximum Gasteiger partial charge on any atom is 0.335 e. The van der Waals surface area contributed by atoms with Crippen LogP contribution in [0.15, 0.2) is 18.2 Å². The van der Waals surface area contributed by atoms with Crippen LogP contribution in [-0.2, 0) is 0 Å². The fraction of sp³-hybridized carbons (Fsp3) is 0.333. The second kappa shape index (κ2) is 6.61. The summed E-state index contributed by atoms with van der Waals surface area (Å²) < 4.78 is 0. The van der Waals surface area contributed by atoms with E-state index in [0.717, 1.165) is 12.8 Å². The molecule has 18 heavy (non-hydrogen) atoms. The zero-order chi connectivity index (χ0) is 13.5. The van der Waals surface area contributed by atoms with Crippen LogP contribution >= 0.6 is 0 Å². The number of amides is 1. The molecule has 98 valence electrons. The summed E-state index contributed by atoms with van der Waals surface area (Å²) in [5, 5.41) is 12.0. The van der Waals surface area contributed by atoms with E-state index in [1.165, 1.54) is 12.1 Å². The number of carbonyl (C=O) groups is 2. The Labute approximate surface area is 105 Å². The molecule has 5 N–H and O–H groups in total. The van der Waals surface area contributed by atoms with Crippen LogP contribution in [0.4, 0.5) is 5.69 Å². The van der Waals surface area contributed by atoms with Crippen molar-refractivity contribution >= 4 is 17.6 Å². The average molecular weight is 251 g/mol. The monoisotopic (exact) mass is 251 g/mol. The second-order valence-corrected chi connectivity index (χ2v) is 3.82. The molecule has 0 saturated heterocycles. The Morgan fingerprint density at radius 2 is 2.11 bits per heavy atom. The van der Waals surface area contributed by atoms with Crippen LogP contribution in [0.2, 0.25) is 0 Å². The van der Waals surface area contributed by atoms with Crippen molar-refractivity contribution < 1.29 is 14.7 Å². The summed E-state index contributed by atoms with van der Waals surface area (Å²) in [4.78, 5) is 22.4. The Morgan fingerprint density at radius 1 is 1.39 bits per heavy atom. The van der Waals surface area contributed by atoms with E-state index < -0.39 is 11.9 Å². The molecule has 0 aliphatic carbocycles. The third-order valence-corrected chi connectivity index (χ3v) is 2.49. The molecule has 6 heteroatoms. The van der Waals surface area contributed by atoms with Crippen LogP contribution in [0.1, 0.15) is 40.5 Å². The quantitative estimate of drug-likeness (QED) is 0.263. The van der Waals surface area contributed by atoms with Crippen molar-refractivity contribution in [2.45, 2.75) is 19.8 Å². The topological polar surface area (TPSA) is 104 Å². The molecule has 0 spiro atoms. The van der Waals surface area contributed by atoms with Crippen LogP contribution in [0.3, 0.4) is 0 Å². The molecule has 0 aliphatic rings. The highest BCUT2D eigenvalue weighted by molar-refractivity contribution is 6.01. The Hall–Kier alpha value is -2.08. The van der Waals surface area contributed by atoms with Crippen molar-refractivity contribution in [3.8, 4) is 0 Å². The van der Waals surface area contributed by atoms with Gasteiger partial charge in [0, 0.05) is 12.2 Å². The minimum atomic E-state index is -1.08. The highest BCUT2D eigenvalue weighted by Crippen LogP contribution is 2.18. The number of benzene rings is 1. The molecule has 0 atom stereocenters. The molecule has 1 rings (SSSR count). The molecule has 0 aromatic heterocycles. The molecule has 0 unspecified atom stereocenters. The molecule has 1 amide bonds. The highest BCUT2D eigenvalue weighted by Gasteiger charge is 2.13. The second-order valence-electron chi connectivity index (χ2n) is 3.82. The van der Waals surface area contributed by atoms with Crippen LogP contribution in [0.25, 0.3) is 0 Å². The average Bonchev–Trinajstić information content (AvgIpc) is 2.38. The number of hydrazine groups is 1. The Bertz CT molecular complexity index is 446. The van der Waals surface area contributed by atoms with Gasteiger partial charge in [0.2, 0.25) is 0 Å². The number of rotatable bonds is 6. The first-order valence-electron chi connectivity index (χ1n) is 5.72. The molecular formula is C12H17N3O3. The SMILES string of the molecule is CCCCNc1ccc(C(=O)O)cc1C(=O)NN. The van der Waals surface area contributed by atoms with E-state index in [9.17, 15) is 9.59 Å². The van der Waals surface area contributed by atoms with E-state index in [4.69, 9.17) is 10.9 Å². The van der Waals surface area contributed by atoms with Crippen molar-refractivity contribution in [1.29, 1.82) is 0 Å². The van der Waals surface area contributed by atoms with Gasteiger partial charge in [-0.15, -0.1) is 0 Å². The number of hydrogen-bond acceptors (Lipinski definition) is 4. The number of hydrogen-bond donors (Lipinski definition) is 4. The van der Waals surface area contributed by atoms with Gasteiger partial charge >= 0.3 is 5.97 Å². The van der Waals surface area contributed by atoms with E-state index in [0.29, 0.717) is 12.2 Å². The third kappa shape index (κ3) is 3.46. The van der Waals surface area contributed by atoms with Gasteiger partial charge in [-0.2, -0.15) is 0 Å². The highest BCUT2D eigenvalue weighted by atomic mass is 16.4. The molecule has 0 saturated carbocycles. The standard InChI is InChI=1S/C12H17N3O3/c1-2-3-6-14-10-5-4-8(12(17)18)7-9(10)11(16)15-13/h4-5,7,14H,2-3,6,13H2,1H3,(H,15,16)(H,17,18).